The molecule has 154 valence electrons. The largest absolute Gasteiger partial charge is 0.481 e. The van der Waals surface area contributed by atoms with Crippen LogP contribution in [0.15, 0.2) is 0 Å². The van der Waals surface area contributed by atoms with Crippen LogP contribution in [0.5, 0.6) is 0 Å². The van der Waals surface area contributed by atoms with Crippen molar-refractivity contribution in [1.82, 2.24) is 0 Å². The van der Waals surface area contributed by atoms with Gasteiger partial charge in [-0.3, -0.25) is 4.79 Å². The molecule has 0 spiro atoms. The first kappa shape index (κ1) is 23.5. The van der Waals surface area contributed by atoms with Gasteiger partial charge >= 0.3 is 5.97 Å². The summed E-state index contributed by atoms with van der Waals surface area (Å²) in [5.41, 5.74) is -0.231. The summed E-state index contributed by atoms with van der Waals surface area (Å²) in [7, 11) is 0. The third-order valence-corrected chi connectivity index (χ3v) is 7.53. The molecule has 1 saturated carbocycles. The summed E-state index contributed by atoms with van der Waals surface area (Å²) in [5.74, 6) is -0.541. The average molecular weight is 367 g/mol. The molecule has 0 aliphatic heterocycles. The maximum absolute atomic E-state index is 12.3. The van der Waals surface area contributed by atoms with Gasteiger partial charge in [-0.15, -0.1) is 0 Å². The second kappa shape index (κ2) is 10.7. The van der Waals surface area contributed by atoms with Crippen LogP contribution in [0.25, 0.3) is 0 Å². The predicted molar refractivity (Wildman–Crippen MR) is 113 cm³/mol. The Morgan fingerprint density at radius 2 is 1.38 bits per heavy atom. The fourth-order valence-corrected chi connectivity index (χ4v) is 5.15. The number of rotatable bonds is 13. The van der Waals surface area contributed by atoms with Gasteiger partial charge in [0.25, 0.3) is 0 Å². The van der Waals surface area contributed by atoms with Crippen molar-refractivity contribution in [3.63, 3.8) is 0 Å². The van der Waals surface area contributed by atoms with Gasteiger partial charge in [-0.25, -0.2) is 0 Å². The standard InChI is InChI=1S/C24H46O2/c1-6-8-10-12-16-23(5,15-9-7-2)20-19-22(3,4)24(21(25)26)17-13-11-14-18-24/h6-20H2,1-5H3,(H,25,26). The zero-order valence-electron chi connectivity index (χ0n) is 18.5. The van der Waals surface area contributed by atoms with E-state index in [4.69, 9.17) is 0 Å². The van der Waals surface area contributed by atoms with Gasteiger partial charge in [0, 0.05) is 0 Å². The number of carboxylic acids is 1. The van der Waals surface area contributed by atoms with E-state index in [9.17, 15) is 9.90 Å². The quantitative estimate of drug-likeness (QED) is 0.335. The highest BCUT2D eigenvalue weighted by Gasteiger charge is 2.51. The van der Waals surface area contributed by atoms with E-state index in [2.05, 4.69) is 34.6 Å². The fraction of sp³-hybridized carbons (Fsp3) is 0.958. The third kappa shape index (κ3) is 6.27. The maximum Gasteiger partial charge on any atom is 0.310 e. The Hall–Kier alpha value is -0.530. The summed E-state index contributed by atoms with van der Waals surface area (Å²) in [6.07, 6.45) is 17.8. The van der Waals surface area contributed by atoms with E-state index in [0.717, 1.165) is 32.1 Å². The van der Waals surface area contributed by atoms with E-state index in [1.165, 1.54) is 64.2 Å². The summed E-state index contributed by atoms with van der Waals surface area (Å²) in [4.78, 5) is 12.3. The van der Waals surface area contributed by atoms with Gasteiger partial charge in [-0.05, 0) is 49.4 Å². The van der Waals surface area contributed by atoms with Crippen molar-refractivity contribution in [2.75, 3.05) is 0 Å². The zero-order valence-corrected chi connectivity index (χ0v) is 18.5. The molecule has 0 aromatic heterocycles. The lowest BCUT2D eigenvalue weighted by atomic mass is 9.56. The molecule has 1 atom stereocenters. The second-order valence-corrected chi connectivity index (χ2v) is 10.1. The average Bonchev–Trinajstić information content (AvgIpc) is 2.62. The van der Waals surface area contributed by atoms with Gasteiger partial charge in [0.05, 0.1) is 5.41 Å². The van der Waals surface area contributed by atoms with Crippen molar-refractivity contribution in [2.24, 2.45) is 16.2 Å². The number of hydrogen-bond donors (Lipinski definition) is 1. The van der Waals surface area contributed by atoms with E-state index < -0.39 is 11.4 Å². The highest BCUT2D eigenvalue weighted by atomic mass is 16.4. The van der Waals surface area contributed by atoms with Crippen molar-refractivity contribution in [1.29, 1.82) is 0 Å². The Balaban J connectivity index is 2.78. The monoisotopic (exact) mass is 366 g/mol. The van der Waals surface area contributed by atoms with E-state index in [-0.39, 0.29) is 5.41 Å². The molecule has 1 rings (SSSR count). The van der Waals surface area contributed by atoms with Crippen LogP contribution >= 0.6 is 0 Å². The van der Waals surface area contributed by atoms with Crippen LogP contribution in [0.2, 0.25) is 0 Å². The van der Waals surface area contributed by atoms with Gasteiger partial charge in [0.1, 0.15) is 0 Å². The Kier molecular flexibility index (Phi) is 9.69. The first-order chi connectivity index (χ1) is 12.2. The van der Waals surface area contributed by atoms with Gasteiger partial charge in [-0.2, -0.15) is 0 Å². The lowest BCUT2D eigenvalue weighted by Crippen LogP contribution is -2.46. The van der Waals surface area contributed by atoms with Gasteiger partial charge in [0.15, 0.2) is 0 Å². The number of carboxylic acid groups (broad SMARTS) is 1. The molecule has 26 heavy (non-hydrogen) atoms. The van der Waals surface area contributed by atoms with Gasteiger partial charge < -0.3 is 5.11 Å². The molecule has 0 aromatic rings. The highest BCUT2D eigenvalue weighted by molar-refractivity contribution is 5.75. The van der Waals surface area contributed by atoms with E-state index in [1.54, 1.807) is 0 Å². The van der Waals surface area contributed by atoms with Crippen LogP contribution in [-0.2, 0) is 4.79 Å². The Labute approximate surface area is 163 Å². The van der Waals surface area contributed by atoms with Gasteiger partial charge in [0.2, 0.25) is 0 Å². The topological polar surface area (TPSA) is 37.3 Å². The molecule has 1 unspecified atom stereocenters. The Morgan fingerprint density at radius 1 is 0.808 bits per heavy atom. The summed E-state index contributed by atoms with van der Waals surface area (Å²) in [5, 5.41) is 10.1. The molecule has 0 radical (unpaired) electrons. The normalized spacial score (nSPS) is 19.9. The van der Waals surface area contributed by atoms with Crippen molar-refractivity contribution >= 4 is 5.97 Å². The molecular formula is C24H46O2. The number of unbranched alkanes of at least 4 members (excludes halogenated alkanes) is 4. The molecule has 2 heteroatoms. The lowest BCUT2D eigenvalue weighted by Gasteiger charge is -2.47. The van der Waals surface area contributed by atoms with Crippen LogP contribution < -0.4 is 0 Å². The molecule has 0 amide bonds. The van der Waals surface area contributed by atoms with Crippen molar-refractivity contribution in [3.05, 3.63) is 0 Å². The molecule has 1 aliphatic rings. The number of carbonyl (C=O) groups is 1. The molecule has 0 aromatic carbocycles. The van der Waals surface area contributed by atoms with E-state index in [0.29, 0.717) is 5.41 Å². The molecule has 2 nitrogen and oxygen atoms in total. The van der Waals surface area contributed by atoms with Gasteiger partial charge in [-0.1, -0.05) is 92.4 Å². The van der Waals surface area contributed by atoms with Crippen molar-refractivity contribution in [2.45, 2.75) is 131 Å². The molecule has 1 fully saturated rings. The molecule has 0 heterocycles. The van der Waals surface area contributed by atoms with E-state index >= 15 is 0 Å². The molecule has 1 aliphatic carbocycles. The van der Waals surface area contributed by atoms with Crippen LogP contribution in [0.3, 0.4) is 0 Å². The lowest BCUT2D eigenvalue weighted by molar-refractivity contribution is -0.161. The maximum atomic E-state index is 12.3. The fourth-order valence-electron chi connectivity index (χ4n) is 5.15. The second-order valence-electron chi connectivity index (χ2n) is 10.1. The van der Waals surface area contributed by atoms with Crippen molar-refractivity contribution < 1.29 is 9.90 Å². The summed E-state index contributed by atoms with van der Waals surface area (Å²) in [6.45, 7) is 11.5. The SMILES string of the molecule is CCCCCCC(C)(CCCC)CCC(C)(C)C1(C(=O)O)CCCCC1. The minimum Gasteiger partial charge on any atom is -0.481 e. The minimum absolute atomic E-state index is 0.115. The first-order valence-electron chi connectivity index (χ1n) is 11.5. The van der Waals surface area contributed by atoms with Crippen LogP contribution in [0.1, 0.15) is 131 Å². The predicted octanol–water partition coefficient (Wildman–Crippen LogP) is 7.99. The molecular weight excluding hydrogens is 320 g/mol. The summed E-state index contributed by atoms with van der Waals surface area (Å²) < 4.78 is 0. The molecule has 0 saturated heterocycles. The Morgan fingerprint density at radius 3 is 1.92 bits per heavy atom. The first-order valence-corrected chi connectivity index (χ1v) is 11.5. The number of aliphatic carboxylic acids is 1. The van der Waals surface area contributed by atoms with Crippen LogP contribution in [0.4, 0.5) is 0 Å². The zero-order chi connectivity index (χ0) is 19.7. The third-order valence-electron chi connectivity index (χ3n) is 7.53. The summed E-state index contributed by atoms with van der Waals surface area (Å²) in [6, 6.07) is 0. The number of hydrogen-bond acceptors (Lipinski definition) is 1. The summed E-state index contributed by atoms with van der Waals surface area (Å²) >= 11 is 0. The Bertz CT molecular complexity index is 406. The molecule has 1 N–H and O–H groups in total. The minimum atomic E-state index is -0.541. The smallest absolute Gasteiger partial charge is 0.310 e. The molecule has 0 bridgehead atoms. The van der Waals surface area contributed by atoms with E-state index in [1.807, 2.05) is 0 Å². The van der Waals surface area contributed by atoms with Crippen molar-refractivity contribution in [3.8, 4) is 0 Å². The highest BCUT2D eigenvalue weighted by Crippen LogP contribution is 2.54. The van der Waals surface area contributed by atoms with Crippen LogP contribution in [0, 0.1) is 16.2 Å². The van der Waals surface area contributed by atoms with Crippen LogP contribution in [-0.4, -0.2) is 11.1 Å².